The van der Waals surface area contributed by atoms with Gasteiger partial charge in [-0.15, -0.1) is 11.3 Å². The number of nitrogens with zero attached hydrogens (tertiary/aromatic N) is 2. The Bertz CT molecular complexity index is 705. The topological polar surface area (TPSA) is 54.5 Å². The molecule has 0 unspecified atom stereocenters. The van der Waals surface area contributed by atoms with Gasteiger partial charge in [-0.3, -0.25) is 15.0 Å². The molecule has 0 bridgehead atoms. The SMILES string of the molecule is C[C@@H]1CCCN(Cc2csc(NC(=O)COc3ccc(F)cc3)n2)C1. The van der Waals surface area contributed by atoms with Gasteiger partial charge >= 0.3 is 0 Å². The van der Waals surface area contributed by atoms with Crippen LogP contribution in [0.1, 0.15) is 25.5 Å². The first kappa shape index (κ1) is 17.8. The standard InChI is InChI=1S/C18H22FN3O2S/c1-13-3-2-8-22(9-13)10-15-12-25-18(20-15)21-17(23)11-24-16-6-4-14(19)5-7-16/h4-7,12-13H,2-3,8-11H2,1H3,(H,20,21,23)/t13-/m1/s1. The van der Waals surface area contributed by atoms with Crippen molar-refractivity contribution in [1.82, 2.24) is 9.88 Å². The van der Waals surface area contributed by atoms with E-state index < -0.39 is 0 Å². The predicted molar refractivity (Wildman–Crippen MR) is 96.3 cm³/mol. The largest absolute Gasteiger partial charge is 0.484 e. The van der Waals surface area contributed by atoms with Gasteiger partial charge in [0.15, 0.2) is 11.7 Å². The number of hydrogen-bond acceptors (Lipinski definition) is 5. The van der Waals surface area contributed by atoms with Gasteiger partial charge in [0, 0.05) is 18.5 Å². The minimum atomic E-state index is -0.338. The van der Waals surface area contributed by atoms with Crippen LogP contribution in [-0.4, -0.2) is 35.5 Å². The van der Waals surface area contributed by atoms with E-state index in [1.54, 1.807) is 0 Å². The quantitative estimate of drug-likeness (QED) is 0.853. The van der Waals surface area contributed by atoms with E-state index in [1.807, 2.05) is 5.38 Å². The van der Waals surface area contributed by atoms with E-state index >= 15 is 0 Å². The smallest absolute Gasteiger partial charge is 0.264 e. The fourth-order valence-electron chi connectivity index (χ4n) is 2.93. The molecule has 1 fully saturated rings. The second kappa shape index (κ2) is 8.40. The van der Waals surface area contributed by atoms with Crippen molar-refractivity contribution in [1.29, 1.82) is 0 Å². The summed E-state index contributed by atoms with van der Waals surface area (Å²) in [5.41, 5.74) is 0.980. The molecule has 1 aromatic heterocycles. The van der Waals surface area contributed by atoms with Crippen LogP contribution in [0.25, 0.3) is 0 Å². The molecule has 1 aromatic carbocycles. The highest BCUT2D eigenvalue weighted by Crippen LogP contribution is 2.21. The van der Waals surface area contributed by atoms with Crippen molar-refractivity contribution in [3.8, 4) is 5.75 Å². The maximum Gasteiger partial charge on any atom is 0.264 e. The number of carbonyl (C=O) groups excluding carboxylic acids is 1. The Hall–Kier alpha value is -1.99. The summed E-state index contributed by atoms with van der Waals surface area (Å²) < 4.78 is 18.1. The molecule has 0 saturated carbocycles. The summed E-state index contributed by atoms with van der Waals surface area (Å²) in [5, 5.41) is 5.30. The number of thiazole rings is 1. The van der Waals surface area contributed by atoms with Gasteiger partial charge in [0.2, 0.25) is 0 Å². The van der Waals surface area contributed by atoms with Crippen molar-refractivity contribution in [2.75, 3.05) is 25.0 Å². The van der Waals surface area contributed by atoms with Crippen molar-refractivity contribution in [3.63, 3.8) is 0 Å². The average molecular weight is 363 g/mol. The average Bonchev–Trinajstić information content (AvgIpc) is 3.01. The Balaban J connectivity index is 1.45. The predicted octanol–water partition coefficient (Wildman–Crippen LogP) is 3.53. The van der Waals surface area contributed by atoms with Crippen LogP contribution in [0.4, 0.5) is 9.52 Å². The molecule has 0 spiro atoms. The molecule has 1 aliphatic heterocycles. The molecule has 134 valence electrons. The molecular formula is C18H22FN3O2S. The minimum Gasteiger partial charge on any atom is -0.484 e. The molecule has 0 radical (unpaired) electrons. The zero-order valence-electron chi connectivity index (χ0n) is 14.2. The van der Waals surface area contributed by atoms with Crippen molar-refractivity contribution in [3.05, 3.63) is 41.2 Å². The highest BCUT2D eigenvalue weighted by molar-refractivity contribution is 7.13. The van der Waals surface area contributed by atoms with Crippen LogP contribution in [0.3, 0.4) is 0 Å². The van der Waals surface area contributed by atoms with Crippen LogP contribution >= 0.6 is 11.3 Å². The summed E-state index contributed by atoms with van der Waals surface area (Å²) in [4.78, 5) is 18.8. The second-order valence-electron chi connectivity index (χ2n) is 6.42. The lowest BCUT2D eigenvalue weighted by Crippen LogP contribution is -2.33. The van der Waals surface area contributed by atoms with E-state index in [1.165, 1.54) is 48.4 Å². The first-order valence-corrected chi connectivity index (χ1v) is 9.31. The number of aromatic nitrogens is 1. The van der Waals surface area contributed by atoms with Crippen molar-refractivity contribution < 1.29 is 13.9 Å². The van der Waals surface area contributed by atoms with Crippen LogP contribution in [0.2, 0.25) is 0 Å². The van der Waals surface area contributed by atoms with Gasteiger partial charge in [0.05, 0.1) is 5.69 Å². The summed E-state index contributed by atoms with van der Waals surface area (Å²) in [6, 6.07) is 5.57. The normalized spacial score (nSPS) is 18.1. The van der Waals surface area contributed by atoms with Crippen molar-refractivity contribution in [2.45, 2.75) is 26.3 Å². The number of carbonyl (C=O) groups is 1. The van der Waals surface area contributed by atoms with Gasteiger partial charge in [-0.05, 0) is 49.6 Å². The van der Waals surface area contributed by atoms with E-state index in [4.69, 9.17) is 4.74 Å². The van der Waals surface area contributed by atoms with Crippen LogP contribution in [-0.2, 0) is 11.3 Å². The summed E-state index contributed by atoms with van der Waals surface area (Å²) >= 11 is 1.42. The first-order valence-electron chi connectivity index (χ1n) is 8.43. The summed E-state index contributed by atoms with van der Waals surface area (Å²) in [7, 11) is 0. The monoisotopic (exact) mass is 363 g/mol. The van der Waals surface area contributed by atoms with Crippen LogP contribution in [0, 0.1) is 11.7 Å². The Morgan fingerprint density at radius 2 is 2.24 bits per heavy atom. The third-order valence-electron chi connectivity index (χ3n) is 4.11. The molecule has 1 aliphatic rings. The molecule has 1 N–H and O–H groups in total. The van der Waals surface area contributed by atoms with E-state index in [2.05, 4.69) is 22.1 Å². The number of nitrogens with one attached hydrogen (secondary N) is 1. The Morgan fingerprint density at radius 3 is 3.00 bits per heavy atom. The maximum atomic E-state index is 12.8. The summed E-state index contributed by atoms with van der Waals surface area (Å²) in [6.45, 7) is 5.17. The van der Waals surface area contributed by atoms with Crippen LogP contribution in [0.5, 0.6) is 5.75 Å². The van der Waals surface area contributed by atoms with Crippen molar-refractivity contribution >= 4 is 22.4 Å². The molecule has 2 aromatic rings. The maximum absolute atomic E-state index is 12.8. The van der Waals surface area contributed by atoms with Gasteiger partial charge in [-0.1, -0.05) is 6.92 Å². The third-order valence-corrected chi connectivity index (χ3v) is 4.91. The highest BCUT2D eigenvalue weighted by atomic mass is 32.1. The molecule has 25 heavy (non-hydrogen) atoms. The third kappa shape index (κ3) is 5.51. The number of ether oxygens (including phenoxy) is 1. The molecule has 1 amide bonds. The Labute approximate surface area is 150 Å². The van der Waals surface area contributed by atoms with Crippen LogP contribution < -0.4 is 10.1 Å². The molecule has 0 aliphatic carbocycles. The van der Waals surface area contributed by atoms with E-state index in [0.29, 0.717) is 10.9 Å². The summed E-state index contributed by atoms with van der Waals surface area (Å²) in [5.74, 6) is 0.567. The first-order chi connectivity index (χ1) is 12.1. The minimum absolute atomic E-state index is 0.135. The van der Waals surface area contributed by atoms with Crippen molar-refractivity contribution in [2.24, 2.45) is 5.92 Å². The Morgan fingerprint density at radius 1 is 1.44 bits per heavy atom. The Kier molecular flexibility index (Phi) is 5.99. The van der Waals surface area contributed by atoms with Gasteiger partial charge in [-0.25, -0.2) is 9.37 Å². The van der Waals surface area contributed by atoms with Gasteiger partial charge in [0.1, 0.15) is 11.6 Å². The lowest BCUT2D eigenvalue weighted by atomic mass is 10.0. The number of piperidine rings is 1. The number of benzene rings is 1. The number of halogens is 1. The number of amides is 1. The fourth-order valence-corrected chi connectivity index (χ4v) is 3.65. The van der Waals surface area contributed by atoms with E-state index in [-0.39, 0.29) is 18.3 Å². The second-order valence-corrected chi connectivity index (χ2v) is 7.28. The lowest BCUT2D eigenvalue weighted by Gasteiger charge is -2.30. The van der Waals surface area contributed by atoms with Gasteiger partial charge in [0.25, 0.3) is 5.91 Å². The zero-order chi connectivity index (χ0) is 17.6. The van der Waals surface area contributed by atoms with Gasteiger partial charge < -0.3 is 4.74 Å². The number of likely N-dealkylation sites (tertiary alicyclic amines) is 1. The molecule has 3 rings (SSSR count). The molecule has 7 heteroatoms. The number of rotatable bonds is 6. The molecule has 1 saturated heterocycles. The summed E-state index contributed by atoms with van der Waals surface area (Å²) in [6.07, 6.45) is 2.53. The zero-order valence-corrected chi connectivity index (χ0v) is 15.0. The fraction of sp³-hybridized carbons (Fsp3) is 0.444. The highest BCUT2D eigenvalue weighted by Gasteiger charge is 2.17. The number of hydrogen-bond donors (Lipinski definition) is 1. The van der Waals surface area contributed by atoms with Crippen LogP contribution in [0.15, 0.2) is 29.6 Å². The number of anilines is 1. The van der Waals surface area contributed by atoms with E-state index in [9.17, 15) is 9.18 Å². The lowest BCUT2D eigenvalue weighted by molar-refractivity contribution is -0.118. The molecule has 1 atom stereocenters. The molecular weight excluding hydrogens is 341 g/mol. The van der Waals surface area contributed by atoms with Gasteiger partial charge in [-0.2, -0.15) is 0 Å². The molecule has 2 heterocycles. The molecule has 5 nitrogen and oxygen atoms in total. The van der Waals surface area contributed by atoms with E-state index in [0.717, 1.165) is 31.2 Å².